The number of carbonyl (C=O) groups is 1. The summed E-state index contributed by atoms with van der Waals surface area (Å²) in [5.41, 5.74) is 1.07. The van der Waals surface area contributed by atoms with Crippen LogP contribution >= 0.6 is 0 Å². The van der Waals surface area contributed by atoms with Gasteiger partial charge in [-0.1, -0.05) is 12.5 Å². The minimum absolute atomic E-state index is 0.0249. The molecule has 1 aromatic carbocycles. The summed E-state index contributed by atoms with van der Waals surface area (Å²) < 4.78 is 13.5. The molecular formula is C15H19FN2O. The highest BCUT2D eigenvalue weighted by Gasteiger charge is 2.42. The average Bonchev–Trinajstić information content (AvgIpc) is 2.96. The third-order valence-electron chi connectivity index (χ3n) is 4.55. The normalized spacial score (nSPS) is 29.3. The molecule has 1 aliphatic carbocycles. The van der Waals surface area contributed by atoms with E-state index >= 15 is 0 Å². The second-order valence-corrected chi connectivity index (χ2v) is 5.64. The van der Waals surface area contributed by atoms with E-state index < -0.39 is 0 Å². The van der Waals surface area contributed by atoms with E-state index in [4.69, 9.17) is 0 Å². The zero-order valence-electron chi connectivity index (χ0n) is 11.1. The third-order valence-corrected chi connectivity index (χ3v) is 4.55. The molecule has 3 atom stereocenters. The molecule has 3 rings (SSSR count). The van der Waals surface area contributed by atoms with Gasteiger partial charge in [-0.2, -0.15) is 0 Å². The lowest BCUT2D eigenvalue weighted by molar-refractivity contribution is -0.118. The number of anilines is 1. The summed E-state index contributed by atoms with van der Waals surface area (Å²) in [6, 6.07) is 4.66. The van der Waals surface area contributed by atoms with Crippen LogP contribution in [0.5, 0.6) is 0 Å². The van der Waals surface area contributed by atoms with E-state index in [1.807, 2.05) is 0 Å². The Bertz CT molecular complexity index is 503. The Balaban J connectivity index is 1.73. The number of hydrogen-bond acceptors (Lipinski definition) is 2. The van der Waals surface area contributed by atoms with Crippen LogP contribution in [0.2, 0.25) is 0 Å². The molecule has 19 heavy (non-hydrogen) atoms. The molecule has 2 aliphatic rings. The second kappa shape index (κ2) is 4.93. The molecule has 2 fully saturated rings. The number of fused-ring (bicyclic) bond motifs is 1. The van der Waals surface area contributed by atoms with Gasteiger partial charge in [-0.25, -0.2) is 4.39 Å². The maximum absolute atomic E-state index is 13.5. The molecule has 1 amide bonds. The lowest BCUT2D eigenvalue weighted by Gasteiger charge is -2.18. The third kappa shape index (κ3) is 2.25. The predicted octanol–water partition coefficient (Wildman–Crippen LogP) is 2.46. The lowest BCUT2D eigenvalue weighted by atomic mass is 9.93. The van der Waals surface area contributed by atoms with Crippen molar-refractivity contribution in [1.29, 1.82) is 0 Å². The Morgan fingerprint density at radius 1 is 1.42 bits per heavy atom. The van der Waals surface area contributed by atoms with Crippen molar-refractivity contribution in [1.82, 2.24) is 5.32 Å². The first kappa shape index (κ1) is 12.6. The van der Waals surface area contributed by atoms with Crippen LogP contribution < -0.4 is 10.6 Å². The molecule has 1 saturated heterocycles. The first-order valence-corrected chi connectivity index (χ1v) is 6.96. The number of amides is 1. The fraction of sp³-hybridized carbons (Fsp3) is 0.533. The van der Waals surface area contributed by atoms with Crippen molar-refractivity contribution < 1.29 is 9.18 Å². The highest BCUT2D eigenvalue weighted by molar-refractivity contribution is 5.96. The topological polar surface area (TPSA) is 41.1 Å². The van der Waals surface area contributed by atoms with Crippen LogP contribution in [0.15, 0.2) is 18.2 Å². The number of rotatable bonds is 2. The Morgan fingerprint density at radius 2 is 2.26 bits per heavy atom. The van der Waals surface area contributed by atoms with Crippen molar-refractivity contribution in [2.75, 3.05) is 11.9 Å². The Hall–Kier alpha value is -1.42. The van der Waals surface area contributed by atoms with Gasteiger partial charge < -0.3 is 10.6 Å². The van der Waals surface area contributed by atoms with Crippen LogP contribution in [0.25, 0.3) is 0 Å². The zero-order valence-corrected chi connectivity index (χ0v) is 11.1. The van der Waals surface area contributed by atoms with E-state index in [9.17, 15) is 9.18 Å². The van der Waals surface area contributed by atoms with Crippen LogP contribution in [0.1, 0.15) is 24.8 Å². The molecular weight excluding hydrogens is 243 g/mol. The standard InChI is InChI=1S/C15H19FN2O/c1-9-12(16)6-3-7-13(9)18-15(19)14-11-5-2-4-10(11)8-17-14/h3,6-7,10-11,14,17H,2,4-5,8H2,1H3,(H,18,19). The van der Waals surface area contributed by atoms with E-state index in [1.54, 1.807) is 19.1 Å². The SMILES string of the molecule is Cc1c(F)cccc1NC(=O)C1NCC2CCCC21. The quantitative estimate of drug-likeness (QED) is 0.859. The molecule has 0 spiro atoms. The van der Waals surface area contributed by atoms with E-state index in [-0.39, 0.29) is 17.8 Å². The summed E-state index contributed by atoms with van der Waals surface area (Å²) >= 11 is 0. The van der Waals surface area contributed by atoms with Crippen molar-refractivity contribution >= 4 is 11.6 Å². The van der Waals surface area contributed by atoms with Crippen LogP contribution in [-0.2, 0) is 4.79 Å². The Morgan fingerprint density at radius 3 is 3.11 bits per heavy atom. The molecule has 102 valence electrons. The zero-order chi connectivity index (χ0) is 13.4. The summed E-state index contributed by atoms with van der Waals surface area (Å²) in [6.07, 6.45) is 3.57. The van der Waals surface area contributed by atoms with Gasteiger partial charge in [0.2, 0.25) is 5.91 Å². The summed E-state index contributed by atoms with van der Waals surface area (Å²) in [4.78, 5) is 12.3. The van der Waals surface area contributed by atoms with Gasteiger partial charge in [0.05, 0.1) is 6.04 Å². The fourth-order valence-electron chi connectivity index (χ4n) is 3.43. The summed E-state index contributed by atoms with van der Waals surface area (Å²) in [5, 5.41) is 6.17. The van der Waals surface area contributed by atoms with Crippen molar-refractivity contribution in [2.24, 2.45) is 11.8 Å². The summed E-state index contributed by atoms with van der Waals surface area (Å²) in [5.74, 6) is 0.789. The van der Waals surface area contributed by atoms with Gasteiger partial charge in [-0.3, -0.25) is 4.79 Å². The highest BCUT2D eigenvalue weighted by atomic mass is 19.1. The lowest BCUT2D eigenvalue weighted by Crippen LogP contribution is -2.39. The van der Waals surface area contributed by atoms with Gasteiger partial charge in [0.1, 0.15) is 5.82 Å². The van der Waals surface area contributed by atoms with Gasteiger partial charge in [0, 0.05) is 11.3 Å². The molecule has 1 heterocycles. The van der Waals surface area contributed by atoms with Crippen molar-refractivity contribution in [2.45, 2.75) is 32.2 Å². The number of hydrogen-bond donors (Lipinski definition) is 2. The van der Waals surface area contributed by atoms with E-state index in [0.29, 0.717) is 23.1 Å². The van der Waals surface area contributed by atoms with Gasteiger partial charge in [-0.15, -0.1) is 0 Å². The monoisotopic (exact) mass is 262 g/mol. The molecule has 0 aromatic heterocycles. The molecule has 1 saturated carbocycles. The molecule has 3 nitrogen and oxygen atoms in total. The number of carbonyl (C=O) groups excluding carboxylic acids is 1. The van der Waals surface area contributed by atoms with Gasteiger partial charge in [-0.05, 0) is 50.3 Å². The van der Waals surface area contributed by atoms with E-state index in [1.165, 1.54) is 18.9 Å². The van der Waals surface area contributed by atoms with Gasteiger partial charge in [0.25, 0.3) is 0 Å². The number of benzene rings is 1. The Labute approximate surface area is 112 Å². The minimum Gasteiger partial charge on any atom is -0.324 e. The second-order valence-electron chi connectivity index (χ2n) is 5.64. The number of halogens is 1. The van der Waals surface area contributed by atoms with Crippen molar-refractivity contribution in [3.8, 4) is 0 Å². The van der Waals surface area contributed by atoms with Gasteiger partial charge in [0.15, 0.2) is 0 Å². The van der Waals surface area contributed by atoms with Crippen LogP contribution in [0.4, 0.5) is 10.1 Å². The summed E-state index contributed by atoms with van der Waals surface area (Å²) in [7, 11) is 0. The first-order valence-electron chi connectivity index (χ1n) is 6.96. The van der Waals surface area contributed by atoms with Crippen LogP contribution in [0.3, 0.4) is 0 Å². The fourth-order valence-corrected chi connectivity index (χ4v) is 3.43. The molecule has 0 radical (unpaired) electrons. The maximum Gasteiger partial charge on any atom is 0.241 e. The molecule has 4 heteroatoms. The van der Waals surface area contributed by atoms with Crippen LogP contribution in [0, 0.1) is 24.6 Å². The van der Waals surface area contributed by atoms with E-state index in [2.05, 4.69) is 10.6 Å². The summed E-state index contributed by atoms with van der Waals surface area (Å²) in [6.45, 7) is 2.62. The van der Waals surface area contributed by atoms with E-state index in [0.717, 1.165) is 13.0 Å². The van der Waals surface area contributed by atoms with Gasteiger partial charge >= 0.3 is 0 Å². The molecule has 1 aromatic rings. The minimum atomic E-state index is -0.282. The highest BCUT2D eigenvalue weighted by Crippen LogP contribution is 2.38. The maximum atomic E-state index is 13.5. The first-order chi connectivity index (χ1) is 9.16. The number of nitrogens with one attached hydrogen (secondary N) is 2. The molecule has 2 N–H and O–H groups in total. The van der Waals surface area contributed by atoms with Crippen LogP contribution in [-0.4, -0.2) is 18.5 Å². The molecule has 0 bridgehead atoms. The predicted molar refractivity (Wildman–Crippen MR) is 72.4 cm³/mol. The van der Waals surface area contributed by atoms with Crippen molar-refractivity contribution in [3.63, 3.8) is 0 Å². The Kier molecular flexibility index (Phi) is 3.27. The smallest absolute Gasteiger partial charge is 0.241 e. The molecule has 3 unspecified atom stereocenters. The largest absolute Gasteiger partial charge is 0.324 e. The average molecular weight is 262 g/mol. The molecule has 1 aliphatic heterocycles. The van der Waals surface area contributed by atoms with Crippen molar-refractivity contribution in [3.05, 3.63) is 29.6 Å².